The third kappa shape index (κ3) is 7.03. The van der Waals surface area contributed by atoms with Gasteiger partial charge in [0.15, 0.2) is 0 Å². The first-order chi connectivity index (χ1) is 9.06. The fourth-order valence-electron chi connectivity index (χ4n) is 2.11. The zero-order valence-electron chi connectivity index (χ0n) is 12.6. The maximum absolute atomic E-state index is 6.07. The van der Waals surface area contributed by atoms with Crippen molar-refractivity contribution in [3.05, 3.63) is 35.9 Å². The fourth-order valence-corrected chi connectivity index (χ4v) is 6.18. The molecule has 0 bridgehead atoms. The Balaban J connectivity index is 2.32. The highest BCUT2D eigenvalue weighted by Crippen LogP contribution is 2.14. The van der Waals surface area contributed by atoms with Crippen molar-refractivity contribution >= 4 is 18.8 Å². The predicted octanol–water partition coefficient (Wildman–Crippen LogP) is 1.61. The van der Waals surface area contributed by atoms with Crippen LogP contribution in [-0.2, 0) is 15.4 Å². The van der Waals surface area contributed by atoms with Gasteiger partial charge in [-0.15, -0.1) is 0 Å². The molecule has 1 N–H and O–H groups in total. The molecule has 0 saturated carbocycles. The molecule has 1 rings (SSSR count). The van der Waals surface area contributed by atoms with E-state index in [4.69, 9.17) is 8.85 Å². The Hall–Kier alpha value is -0.466. The van der Waals surface area contributed by atoms with Crippen LogP contribution in [0.5, 0.6) is 0 Å². The quantitative estimate of drug-likeness (QED) is 0.555. The Morgan fingerprint density at radius 2 is 2.00 bits per heavy atom. The zero-order valence-corrected chi connectivity index (χ0v) is 15.6. The van der Waals surface area contributed by atoms with Gasteiger partial charge in [0.05, 0.1) is 0 Å². The van der Waals surface area contributed by atoms with Gasteiger partial charge in [-0.3, -0.25) is 0 Å². The van der Waals surface area contributed by atoms with Crippen molar-refractivity contribution in [2.45, 2.75) is 38.7 Å². The summed E-state index contributed by atoms with van der Waals surface area (Å²) in [7, 11) is -0.920. The standard InChI is InChI=1S/C14H27NO2Si2/c1-4-16-19(3,17-13(2)18)11-10-15-12-14-8-6-5-7-9-14/h5-9,13,15H,4,10-12H2,1-3,18H3. The molecule has 0 spiro atoms. The Morgan fingerprint density at radius 3 is 2.58 bits per heavy atom. The largest absolute Gasteiger partial charge is 0.396 e. The van der Waals surface area contributed by atoms with Gasteiger partial charge >= 0.3 is 8.56 Å². The summed E-state index contributed by atoms with van der Waals surface area (Å²) in [5.74, 6) is 0. The van der Waals surface area contributed by atoms with E-state index in [1.54, 1.807) is 0 Å². The van der Waals surface area contributed by atoms with Crippen LogP contribution in [0.1, 0.15) is 19.4 Å². The van der Waals surface area contributed by atoms with Crippen LogP contribution in [0.15, 0.2) is 30.3 Å². The van der Waals surface area contributed by atoms with Gasteiger partial charge in [0.2, 0.25) is 0 Å². The highest BCUT2D eigenvalue weighted by atomic mass is 28.4. The van der Waals surface area contributed by atoms with Crippen LogP contribution < -0.4 is 5.32 Å². The number of benzene rings is 1. The first-order valence-electron chi connectivity index (χ1n) is 7.12. The lowest BCUT2D eigenvalue weighted by Crippen LogP contribution is -2.43. The minimum absolute atomic E-state index is 0.373. The van der Waals surface area contributed by atoms with Gasteiger partial charge in [0.1, 0.15) is 0 Å². The second kappa shape index (κ2) is 8.65. The SMILES string of the molecule is CCO[Si](C)(CCNCc1ccccc1)OC(C)[SiH3]. The van der Waals surface area contributed by atoms with Crippen molar-refractivity contribution in [3.8, 4) is 0 Å². The van der Waals surface area contributed by atoms with E-state index in [0.29, 0.717) is 5.73 Å². The van der Waals surface area contributed by atoms with Crippen LogP contribution in [0.4, 0.5) is 0 Å². The fraction of sp³-hybridized carbons (Fsp3) is 0.571. The molecule has 0 aliphatic heterocycles. The van der Waals surface area contributed by atoms with Gasteiger partial charge < -0.3 is 14.2 Å². The molecule has 2 atom stereocenters. The highest BCUT2D eigenvalue weighted by Gasteiger charge is 2.31. The van der Waals surface area contributed by atoms with Crippen molar-refractivity contribution in [2.75, 3.05) is 13.2 Å². The maximum atomic E-state index is 6.07. The van der Waals surface area contributed by atoms with Gasteiger partial charge in [-0.1, -0.05) is 30.3 Å². The van der Waals surface area contributed by atoms with E-state index >= 15 is 0 Å². The average Bonchev–Trinajstić information content (AvgIpc) is 2.35. The molecule has 0 aliphatic carbocycles. The molecule has 0 heterocycles. The monoisotopic (exact) mass is 297 g/mol. The van der Waals surface area contributed by atoms with Crippen LogP contribution in [0.3, 0.4) is 0 Å². The smallest absolute Gasteiger partial charge is 0.336 e. The Bertz CT molecular complexity index is 349. The van der Waals surface area contributed by atoms with Gasteiger partial charge in [-0.2, -0.15) is 0 Å². The van der Waals surface area contributed by atoms with Crippen molar-refractivity contribution < 1.29 is 8.85 Å². The van der Waals surface area contributed by atoms with Crippen LogP contribution in [0.2, 0.25) is 12.6 Å². The Kier molecular flexibility index (Phi) is 7.56. The molecule has 0 aliphatic rings. The third-order valence-electron chi connectivity index (χ3n) is 2.86. The van der Waals surface area contributed by atoms with Gasteiger partial charge in [-0.05, 0) is 32.5 Å². The molecule has 0 fully saturated rings. The Morgan fingerprint density at radius 1 is 1.32 bits per heavy atom. The topological polar surface area (TPSA) is 30.5 Å². The molecule has 1 aromatic carbocycles. The number of hydrogen-bond donors (Lipinski definition) is 1. The van der Waals surface area contributed by atoms with Gasteiger partial charge in [-0.25, -0.2) is 0 Å². The summed E-state index contributed by atoms with van der Waals surface area (Å²) in [6, 6.07) is 11.5. The lowest BCUT2D eigenvalue weighted by Gasteiger charge is -2.29. The summed E-state index contributed by atoms with van der Waals surface area (Å²) in [5, 5.41) is 3.48. The predicted molar refractivity (Wildman–Crippen MR) is 86.7 cm³/mol. The second-order valence-electron chi connectivity index (χ2n) is 5.15. The number of hydrogen-bond acceptors (Lipinski definition) is 3. The van der Waals surface area contributed by atoms with Crippen LogP contribution in [0.25, 0.3) is 0 Å². The lowest BCUT2D eigenvalue weighted by molar-refractivity contribution is 0.171. The maximum Gasteiger partial charge on any atom is 0.336 e. The van der Waals surface area contributed by atoms with E-state index in [-0.39, 0.29) is 0 Å². The van der Waals surface area contributed by atoms with Crippen molar-refractivity contribution in [2.24, 2.45) is 0 Å². The van der Waals surface area contributed by atoms with Crippen molar-refractivity contribution in [1.29, 1.82) is 0 Å². The highest BCUT2D eigenvalue weighted by molar-refractivity contribution is 6.66. The average molecular weight is 298 g/mol. The minimum atomic E-state index is -1.98. The molecule has 0 aromatic heterocycles. The van der Waals surface area contributed by atoms with Gasteiger partial charge in [0, 0.05) is 35.2 Å². The lowest BCUT2D eigenvalue weighted by atomic mass is 10.2. The van der Waals surface area contributed by atoms with E-state index in [0.717, 1.165) is 36.0 Å². The molecule has 2 unspecified atom stereocenters. The molecular formula is C14H27NO2Si2. The van der Waals surface area contributed by atoms with Gasteiger partial charge in [0.25, 0.3) is 0 Å². The first-order valence-corrected chi connectivity index (χ1v) is 10.8. The van der Waals surface area contributed by atoms with E-state index in [1.165, 1.54) is 5.56 Å². The molecule has 1 aromatic rings. The molecule has 0 radical (unpaired) electrons. The first kappa shape index (κ1) is 16.6. The summed E-state index contributed by atoms with van der Waals surface area (Å²) in [6.45, 7) is 8.96. The normalized spacial score (nSPS) is 16.2. The summed E-state index contributed by atoms with van der Waals surface area (Å²) in [4.78, 5) is 0. The summed E-state index contributed by atoms with van der Waals surface area (Å²) in [5.41, 5.74) is 1.69. The van der Waals surface area contributed by atoms with E-state index < -0.39 is 8.56 Å². The summed E-state index contributed by atoms with van der Waals surface area (Å²) in [6.07, 6.45) is 0. The summed E-state index contributed by atoms with van der Waals surface area (Å²) >= 11 is 0. The molecule has 108 valence electrons. The number of nitrogens with one attached hydrogen (secondary N) is 1. The number of rotatable bonds is 9. The van der Waals surface area contributed by atoms with Crippen LogP contribution >= 0.6 is 0 Å². The molecule has 5 heteroatoms. The van der Waals surface area contributed by atoms with E-state index in [9.17, 15) is 0 Å². The molecule has 3 nitrogen and oxygen atoms in total. The molecule has 0 amide bonds. The Labute approximate surface area is 121 Å². The summed E-state index contributed by atoms with van der Waals surface area (Å²) < 4.78 is 12.0. The minimum Gasteiger partial charge on any atom is -0.396 e. The van der Waals surface area contributed by atoms with Crippen LogP contribution in [0, 0.1) is 0 Å². The third-order valence-corrected chi connectivity index (χ3v) is 6.60. The van der Waals surface area contributed by atoms with E-state index in [2.05, 4.69) is 43.1 Å². The molecule has 0 saturated heterocycles. The van der Waals surface area contributed by atoms with Crippen molar-refractivity contribution in [3.63, 3.8) is 0 Å². The van der Waals surface area contributed by atoms with Crippen LogP contribution in [-0.4, -0.2) is 37.7 Å². The second-order valence-corrected chi connectivity index (χ2v) is 10.1. The van der Waals surface area contributed by atoms with E-state index in [1.807, 2.05) is 13.0 Å². The van der Waals surface area contributed by atoms with Crippen molar-refractivity contribution in [1.82, 2.24) is 5.32 Å². The molecular weight excluding hydrogens is 270 g/mol. The molecule has 19 heavy (non-hydrogen) atoms. The zero-order chi connectivity index (χ0) is 14.1.